The fraction of sp³-hybridized carbons (Fsp3) is 0.286. The molecule has 17 heavy (non-hydrogen) atoms. The normalized spacial score (nSPS) is 11.5. The van der Waals surface area contributed by atoms with Gasteiger partial charge in [-0.15, -0.1) is 0 Å². The van der Waals surface area contributed by atoms with Gasteiger partial charge in [-0.3, -0.25) is 9.89 Å². The molecule has 88 valence electrons. The van der Waals surface area contributed by atoms with E-state index in [4.69, 9.17) is 0 Å². The quantitative estimate of drug-likeness (QED) is 0.802. The van der Waals surface area contributed by atoms with E-state index in [9.17, 15) is 4.79 Å². The summed E-state index contributed by atoms with van der Waals surface area (Å²) in [6, 6.07) is 8.09. The first kappa shape index (κ1) is 11.6. The monoisotopic (exact) mass is 228 g/mol. The third-order valence-electron chi connectivity index (χ3n) is 2.80. The second-order valence-electron chi connectivity index (χ2n) is 5.11. The lowest BCUT2D eigenvalue weighted by molar-refractivity contribution is 0.112. The van der Waals surface area contributed by atoms with Crippen LogP contribution in [0.4, 0.5) is 0 Å². The number of aldehydes is 1. The molecule has 3 nitrogen and oxygen atoms in total. The lowest BCUT2D eigenvalue weighted by Gasteiger charge is -2.22. The average Bonchev–Trinajstić information content (AvgIpc) is 2.75. The third-order valence-corrected chi connectivity index (χ3v) is 2.80. The van der Waals surface area contributed by atoms with Crippen LogP contribution in [0.25, 0.3) is 11.3 Å². The molecule has 0 saturated heterocycles. The van der Waals surface area contributed by atoms with E-state index in [2.05, 4.69) is 37.0 Å². The van der Waals surface area contributed by atoms with Gasteiger partial charge >= 0.3 is 0 Å². The van der Waals surface area contributed by atoms with E-state index in [1.807, 2.05) is 18.2 Å². The summed E-state index contributed by atoms with van der Waals surface area (Å²) in [6.45, 7) is 6.47. The number of H-pyrrole nitrogens is 1. The Bertz CT molecular complexity index is 535. The fourth-order valence-corrected chi connectivity index (χ4v) is 1.96. The maximum absolute atomic E-state index is 11.0. The molecule has 0 fully saturated rings. The van der Waals surface area contributed by atoms with Gasteiger partial charge in [0.1, 0.15) is 0 Å². The van der Waals surface area contributed by atoms with Gasteiger partial charge in [0.25, 0.3) is 0 Å². The van der Waals surface area contributed by atoms with Crippen molar-refractivity contribution in [3.63, 3.8) is 0 Å². The number of aromatic nitrogens is 2. The van der Waals surface area contributed by atoms with Crippen molar-refractivity contribution in [1.29, 1.82) is 0 Å². The first-order valence-corrected chi connectivity index (χ1v) is 5.62. The summed E-state index contributed by atoms with van der Waals surface area (Å²) in [4.78, 5) is 11.0. The summed E-state index contributed by atoms with van der Waals surface area (Å²) < 4.78 is 0. The molecule has 1 aromatic carbocycles. The molecule has 1 N–H and O–H groups in total. The van der Waals surface area contributed by atoms with E-state index in [1.165, 1.54) is 5.56 Å². The molecule has 1 aromatic heterocycles. The molecule has 0 saturated carbocycles. The van der Waals surface area contributed by atoms with Crippen LogP contribution in [-0.2, 0) is 5.41 Å². The zero-order valence-corrected chi connectivity index (χ0v) is 10.3. The fourth-order valence-electron chi connectivity index (χ4n) is 1.96. The van der Waals surface area contributed by atoms with Crippen molar-refractivity contribution in [2.45, 2.75) is 26.2 Å². The molecule has 0 atom stereocenters. The maximum Gasteiger partial charge on any atom is 0.153 e. The molecule has 2 aromatic rings. The predicted octanol–water partition coefficient (Wildman–Crippen LogP) is 3.19. The highest BCUT2D eigenvalue weighted by Gasteiger charge is 2.20. The van der Waals surface area contributed by atoms with Crippen LogP contribution in [0, 0.1) is 0 Å². The number of rotatable bonds is 2. The van der Waals surface area contributed by atoms with E-state index in [1.54, 1.807) is 6.20 Å². The molecule has 0 spiro atoms. The molecule has 0 aliphatic carbocycles. The Morgan fingerprint density at radius 1 is 1.24 bits per heavy atom. The minimum absolute atomic E-state index is 0.0296. The highest BCUT2D eigenvalue weighted by molar-refractivity contribution is 5.86. The van der Waals surface area contributed by atoms with E-state index < -0.39 is 0 Å². The van der Waals surface area contributed by atoms with Crippen LogP contribution in [0.5, 0.6) is 0 Å². The van der Waals surface area contributed by atoms with E-state index in [-0.39, 0.29) is 5.41 Å². The van der Waals surface area contributed by atoms with Gasteiger partial charge in [0.05, 0.1) is 17.5 Å². The molecule has 0 aliphatic heterocycles. The highest BCUT2D eigenvalue weighted by Crippen LogP contribution is 2.32. The number of hydrogen-bond donors (Lipinski definition) is 1. The zero-order chi connectivity index (χ0) is 12.5. The van der Waals surface area contributed by atoms with Crippen LogP contribution in [-0.4, -0.2) is 16.5 Å². The Morgan fingerprint density at radius 2 is 1.94 bits per heavy atom. The van der Waals surface area contributed by atoms with Crippen molar-refractivity contribution in [2.24, 2.45) is 0 Å². The largest absolute Gasteiger partial charge is 0.298 e. The van der Waals surface area contributed by atoms with Gasteiger partial charge in [0.15, 0.2) is 6.29 Å². The molecule has 0 bridgehead atoms. The van der Waals surface area contributed by atoms with Gasteiger partial charge < -0.3 is 0 Å². The summed E-state index contributed by atoms with van der Waals surface area (Å²) in [6.07, 6.45) is 2.39. The topological polar surface area (TPSA) is 45.8 Å². The van der Waals surface area contributed by atoms with Gasteiger partial charge in [0.2, 0.25) is 0 Å². The molecule has 1 heterocycles. The molecule has 0 amide bonds. The Morgan fingerprint density at radius 3 is 2.59 bits per heavy atom. The minimum atomic E-state index is 0.0296. The molecular weight excluding hydrogens is 212 g/mol. The van der Waals surface area contributed by atoms with Gasteiger partial charge in [-0.2, -0.15) is 5.10 Å². The minimum Gasteiger partial charge on any atom is -0.298 e. The van der Waals surface area contributed by atoms with Crippen LogP contribution < -0.4 is 0 Å². The first-order valence-electron chi connectivity index (χ1n) is 5.62. The van der Waals surface area contributed by atoms with Crippen molar-refractivity contribution < 1.29 is 4.79 Å². The van der Waals surface area contributed by atoms with Crippen molar-refractivity contribution in [3.8, 4) is 11.3 Å². The Kier molecular flexibility index (Phi) is 2.84. The number of nitrogens with one attached hydrogen (secondary N) is 1. The smallest absolute Gasteiger partial charge is 0.153 e. The lowest BCUT2D eigenvalue weighted by atomic mass is 9.82. The van der Waals surface area contributed by atoms with Crippen LogP contribution in [0.1, 0.15) is 36.7 Å². The van der Waals surface area contributed by atoms with Crippen LogP contribution in [0.2, 0.25) is 0 Å². The summed E-state index contributed by atoms with van der Waals surface area (Å²) in [5, 5.41) is 6.84. The van der Waals surface area contributed by atoms with E-state index in [0.717, 1.165) is 17.5 Å². The molecule has 0 unspecified atom stereocenters. The Hall–Kier alpha value is -1.90. The molecule has 3 heteroatoms. The SMILES string of the molecule is CC(C)(C)c1ccccc1-c1[nH]ncc1C=O. The summed E-state index contributed by atoms with van der Waals surface area (Å²) in [7, 11) is 0. The number of nitrogens with zero attached hydrogens (tertiary/aromatic N) is 1. The molecule has 2 rings (SSSR count). The van der Waals surface area contributed by atoms with Crippen molar-refractivity contribution in [3.05, 3.63) is 41.6 Å². The van der Waals surface area contributed by atoms with Crippen molar-refractivity contribution in [2.75, 3.05) is 0 Å². The number of carbonyl (C=O) groups is 1. The number of carbonyl (C=O) groups excluding carboxylic acids is 1. The van der Waals surface area contributed by atoms with Gasteiger partial charge in [0, 0.05) is 5.56 Å². The molecule has 0 aliphatic rings. The first-order chi connectivity index (χ1) is 8.04. The van der Waals surface area contributed by atoms with E-state index in [0.29, 0.717) is 5.56 Å². The Labute approximate surface area is 101 Å². The number of benzene rings is 1. The Balaban J connectivity index is 2.64. The predicted molar refractivity (Wildman–Crippen MR) is 68.1 cm³/mol. The second-order valence-corrected chi connectivity index (χ2v) is 5.11. The average molecular weight is 228 g/mol. The molecular formula is C14H16N2O. The zero-order valence-electron chi connectivity index (χ0n) is 10.3. The van der Waals surface area contributed by atoms with Crippen molar-refractivity contribution in [1.82, 2.24) is 10.2 Å². The van der Waals surface area contributed by atoms with Crippen molar-refractivity contribution >= 4 is 6.29 Å². The third kappa shape index (κ3) is 2.13. The second kappa shape index (κ2) is 4.17. The molecule has 0 radical (unpaired) electrons. The van der Waals surface area contributed by atoms with Crippen LogP contribution in [0.15, 0.2) is 30.5 Å². The summed E-state index contributed by atoms with van der Waals surface area (Å²) >= 11 is 0. The lowest BCUT2D eigenvalue weighted by Crippen LogP contribution is -2.12. The van der Waals surface area contributed by atoms with Gasteiger partial charge in [-0.05, 0) is 11.0 Å². The van der Waals surface area contributed by atoms with Gasteiger partial charge in [-0.1, -0.05) is 45.0 Å². The van der Waals surface area contributed by atoms with E-state index >= 15 is 0 Å². The number of hydrogen-bond acceptors (Lipinski definition) is 2. The summed E-state index contributed by atoms with van der Waals surface area (Å²) in [5.74, 6) is 0. The summed E-state index contributed by atoms with van der Waals surface area (Å²) in [5.41, 5.74) is 3.67. The highest BCUT2D eigenvalue weighted by atomic mass is 16.1. The maximum atomic E-state index is 11.0. The van der Waals surface area contributed by atoms with Crippen LogP contribution >= 0.6 is 0 Å². The van der Waals surface area contributed by atoms with Gasteiger partial charge in [-0.25, -0.2) is 0 Å². The standard InChI is InChI=1S/C14H16N2O/c1-14(2,3)12-7-5-4-6-11(12)13-10(9-17)8-15-16-13/h4-9H,1-3H3,(H,15,16). The number of aromatic amines is 1. The van der Waals surface area contributed by atoms with Crippen LogP contribution in [0.3, 0.4) is 0 Å².